The van der Waals surface area contributed by atoms with Gasteiger partial charge >= 0.3 is 5.97 Å². The maximum atomic E-state index is 13.6. The second-order valence-corrected chi connectivity index (χ2v) is 6.11. The van der Waals surface area contributed by atoms with Crippen LogP contribution in [0.5, 0.6) is 0 Å². The molecule has 0 aliphatic carbocycles. The lowest BCUT2D eigenvalue weighted by atomic mass is 10.0. The molecule has 128 valence electrons. The van der Waals surface area contributed by atoms with E-state index in [-0.39, 0.29) is 18.1 Å². The van der Waals surface area contributed by atoms with Crippen molar-refractivity contribution in [1.29, 1.82) is 0 Å². The molecule has 1 atom stereocenters. The Bertz CT molecular complexity index is 771. The Kier molecular flexibility index (Phi) is 4.78. The minimum absolute atomic E-state index is 0.200. The summed E-state index contributed by atoms with van der Waals surface area (Å²) in [5.74, 6) is -0.349. The second-order valence-electron chi connectivity index (χ2n) is 6.11. The SMILES string of the molecule is CCOC(=O)c1[nH]c2ccc(F)cc2c1N=NN1CCC[C@H](C)C1. The number of nitrogens with zero attached hydrogens (tertiary/aromatic N) is 3. The average molecular weight is 332 g/mol. The molecule has 0 amide bonds. The summed E-state index contributed by atoms with van der Waals surface area (Å²) >= 11 is 0. The first-order valence-electron chi connectivity index (χ1n) is 8.23. The Labute approximate surface area is 139 Å². The number of H-pyrrole nitrogens is 1. The molecule has 1 N–H and O–H groups in total. The molecule has 1 aromatic carbocycles. The standard InChI is InChI=1S/C17H21FN4O2/c1-3-24-17(23)16-15(13-9-12(18)6-7-14(13)19-16)20-21-22-8-4-5-11(2)10-22/h6-7,9,11,19H,3-5,8,10H2,1-2H3/t11-/m0/s1. The number of carbonyl (C=O) groups excluding carboxylic acids is 1. The molecule has 1 aromatic heterocycles. The largest absolute Gasteiger partial charge is 0.461 e. The third-order valence-electron chi connectivity index (χ3n) is 4.12. The van der Waals surface area contributed by atoms with Crippen molar-refractivity contribution in [3.05, 3.63) is 29.7 Å². The van der Waals surface area contributed by atoms with Gasteiger partial charge in [0.2, 0.25) is 0 Å². The van der Waals surface area contributed by atoms with Crippen molar-refractivity contribution in [1.82, 2.24) is 9.99 Å². The summed E-state index contributed by atoms with van der Waals surface area (Å²) in [6.45, 7) is 5.82. The molecule has 0 radical (unpaired) electrons. The van der Waals surface area contributed by atoms with Crippen molar-refractivity contribution in [2.45, 2.75) is 26.7 Å². The van der Waals surface area contributed by atoms with E-state index in [1.54, 1.807) is 13.0 Å². The maximum Gasteiger partial charge on any atom is 0.357 e. The van der Waals surface area contributed by atoms with E-state index < -0.39 is 5.97 Å². The average Bonchev–Trinajstić information content (AvgIpc) is 2.91. The molecule has 0 spiro atoms. The van der Waals surface area contributed by atoms with Gasteiger partial charge in [0.1, 0.15) is 11.5 Å². The third-order valence-corrected chi connectivity index (χ3v) is 4.12. The molecule has 0 unspecified atom stereocenters. The van der Waals surface area contributed by atoms with Gasteiger partial charge in [-0.3, -0.25) is 5.01 Å². The summed E-state index contributed by atoms with van der Waals surface area (Å²) in [5.41, 5.74) is 1.15. The monoisotopic (exact) mass is 332 g/mol. The number of fused-ring (bicyclic) bond motifs is 1. The van der Waals surface area contributed by atoms with Gasteiger partial charge in [0, 0.05) is 24.0 Å². The molecule has 2 aromatic rings. The van der Waals surface area contributed by atoms with E-state index in [0.29, 0.717) is 22.5 Å². The maximum absolute atomic E-state index is 13.6. The third kappa shape index (κ3) is 3.39. The summed E-state index contributed by atoms with van der Waals surface area (Å²) in [4.78, 5) is 15.1. The molecule has 1 aliphatic rings. The van der Waals surface area contributed by atoms with Crippen LogP contribution in [-0.4, -0.2) is 35.7 Å². The molecule has 1 saturated heterocycles. The van der Waals surface area contributed by atoms with Gasteiger partial charge < -0.3 is 9.72 Å². The summed E-state index contributed by atoms with van der Waals surface area (Å²) < 4.78 is 18.7. The normalized spacial score (nSPS) is 18.5. The van der Waals surface area contributed by atoms with Gasteiger partial charge in [-0.2, -0.15) is 0 Å². The Morgan fingerprint density at radius 2 is 2.33 bits per heavy atom. The van der Waals surface area contributed by atoms with Crippen LogP contribution in [0, 0.1) is 11.7 Å². The fraction of sp³-hybridized carbons (Fsp3) is 0.471. The summed E-state index contributed by atoms with van der Waals surface area (Å²) in [7, 11) is 0. The lowest BCUT2D eigenvalue weighted by molar-refractivity contribution is 0.0521. The molecule has 3 rings (SSSR count). The van der Waals surface area contributed by atoms with Crippen molar-refractivity contribution in [3.63, 3.8) is 0 Å². The number of esters is 1. The molecule has 0 saturated carbocycles. The van der Waals surface area contributed by atoms with E-state index in [0.717, 1.165) is 19.5 Å². The van der Waals surface area contributed by atoms with E-state index in [9.17, 15) is 9.18 Å². The van der Waals surface area contributed by atoms with Gasteiger partial charge in [-0.25, -0.2) is 9.18 Å². The summed E-state index contributed by atoms with van der Waals surface area (Å²) in [6.07, 6.45) is 2.24. The van der Waals surface area contributed by atoms with Crippen molar-refractivity contribution < 1.29 is 13.9 Å². The van der Waals surface area contributed by atoms with Crippen LogP contribution in [0.3, 0.4) is 0 Å². The van der Waals surface area contributed by atoms with Crippen LogP contribution >= 0.6 is 0 Å². The number of hydrogen-bond donors (Lipinski definition) is 1. The minimum atomic E-state index is -0.518. The van der Waals surface area contributed by atoms with E-state index >= 15 is 0 Å². The molecule has 7 heteroatoms. The van der Waals surface area contributed by atoms with Gasteiger partial charge in [0.25, 0.3) is 0 Å². The summed E-state index contributed by atoms with van der Waals surface area (Å²) in [6, 6.07) is 4.26. The van der Waals surface area contributed by atoms with Crippen LogP contribution in [0.1, 0.15) is 37.2 Å². The van der Waals surface area contributed by atoms with Gasteiger partial charge in [-0.1, -0.05) is 12.1 Å². The van der Waals surface area contributed by atoms with Gasteiger partial charge in [-0.05, 0) is 43.9 Å². The van der Waals surface area contributed by atoms with E-state index in [1.165, 1.54) is 18.6 Å². The number of ether oxygens (including phenoxy) is 1. The van der Waals surface area contributed by atoms with Gasteiger partial charge in [0.05, 0.1) is 6.61 Å². The zero-order valence-corrected chi connectivity index (χ0v) is 13.9. The molecular formula is C17H21FN4O2. The topological polar surface area (TPSA) is 70.0 Å². The van der Waals surface area contributed by atoms with Gasteiger partial charge in [0.15, 0.2) is 5.69 Å². The predicted molar refractivity (Wildman–Crippen MR) is 88.7 cm³/mol. The lowest BCUT2D eigenvalue weighted by Gasteiger charge is -2.27. The Balaban J connectivity index is 1.98. The highest BCUT2D eigenvalue weighted by atomic mass is 19.1. The zero-order valence-electron chi connectivity index (χ0n) is 13.9. The number of nitrogens with one attached hydrogen (secondary N) is 1. The smallest absolute Gasteiger partial charge is 0.357 e. The van der Waals surface area contributed by atoms with Crippen LogP contribution < -0.4 is 0 Å². The van der Waals surface area contributed by atoms with E-state index in [1.807, 2.05) is 5.01 Å². The van der Waals surface area contributed by atoms with Crippen LogP contribution in [0.2, 0.25) is 0 Å². The lowest BCUT2D eigenvalue weighted by Crippen LogP contribution is -2.29. The number of hydrogen-bond acceptors (Lipinski definition) is 4. The first kappa shape index (κ1) is 16.4. The number of rotatable bonds is 4. The number of aromatic amines is 1. The fourth-order valence-electron chi connectivity index (χ4n) is 2.96. The molecule has 1 aliphatic heterocycles. The molecule has 6 nitrogen and oxygen atoms in total. The van der Waals surface area contributed by atoms with E-state index in [2.05, 4.69) is 22.2 Å². The Morgan fingerprint density at radius 3 is 3.08 bits per heavy atom. The molecule has 24 heavy (non-hydrogen) atoms. The molecule has 1 fully saturated rings. The first-order valence-corrected chi connectivity index (χ1v) is 8.23. The fourth-order valence-corrected chi connectivity index (χ4v) is 2.96. The van der Waals surface area contributed by atoms with Crippen LogP contribution in [0.4, 0.5) is 10.1 Å². The predicted octanol–water partition coefficient (Wildman–Crippen LogP) is 4.21. The van der Waals surface area contributed by atoms with Gasteiger partial charge in [-0.15, -0.1) is 5.11 Å². The number of piperidine rings is 1. The highest BCUT2D eigenvalue weighted by Crippen LogP contribution is 2.32. The van der Waals surface area contributed by atoms with Crippen molar-refractivity contribution in [3.8, 4) is 0 Å². The van der Waals surface area contributed by atoms with Crippen molar-refractivity contribution in [2.24, 2.45) is 16.3 Å². The minimum Gasteiger partial charge on any atom is -0.461 e. The quantitative estimate of drug-likeness (QED) is 0.673. The van der Waals surface area contributed by atoms with Crippen LogP contribution in [0.15, 0.2) is 28.5 Å². The van der Waals surface area contributed by atoms with E-state index in [4.69, 9.17) is 4.74 Å². The highest BCUT2D eigenvalue weighted by Gasteiger charge is 2.20. The summed E-state index contributed by atoms with van der Waals surface area (Å²) in [5, 5.41) is 10.9. The number of benzene rings is 1. The number of carbonyl (C=O) groups is 1. The Hall–Kier alpha value is -2.44. The highest BCUT2D eigenvalue weighted by molar-refractivity contribution is 6.04. The Morgan fingerprint density at radius 1 is 1.50 bits per heavy atom. The second kappa shape index (κ2) is 6.98. The zero-order chi connectivity index (χ0) is 17.1. The number of aromatic nitrogens is 1. The molecular weight excluding hydrogens is 311 g/mol. The number of halogens is 1. The van der Waals surface area contributed by atoms with Crippen molar-refractivity contribution >= 4 is 22.6 Å². The van der Waals surface area contributed by atoms with Crippen molar-refractivity contribution in [2.75, 3.05) is 19.7 Å². The van der Waals surface area contributed by atoms with Crippen LogP contribution in [0.25, 0.3) is 10.9 Å². The molecule has 0 bridgehead atoms. The molecule has 2 heterocycles. The van der Waals surface area contributed by atoms with Crippen LogP contribution in [-0.2, 0) is 4.74 Å². The first-order chi connectivity index (χ1) is 11.6.